The molecule has 5 heteroatoms. The van der Waals surface area contributed by atoms with Crippen LogP contribution in [-0.2, 0) is 13.0 Å². The van der Waals surface area contributed by atoms with Gasteiger partial charge in [0.05, 0.1) is 12.8 Å². The lowest BCUT2D eigenvalue weighted by Crippen LogP contribution is -2.28. The molecule has 0 fully saturated rings. The number of para-hydroxylation sites is 1. The van der Waals surface area contributed by atoms with Gasteiger partial charge in [0.25, 0.3) is 5.91 Å². The third kappa shape index (κ3) is 4.12. The Hall–Kier alpha value is -2.30. The van der Waals surface area contributed by atoms with Crippen molar-refractivity contribution in [3.63, 3.8) is 0 Å². The molecule has 0 spiro atoms. The third-order valence-corrected chi connectivity index (χ3v) is 3.79. The van der Waals surface area contributed by atoms with Gasteiger partial charge in [-0.2, -0.15) is 5.10 Å². The molecule has 0 aliphatic rings. The van der Waals surface area contributed by atoms with Crippen molar-refractivity contribution in [2.45, 2.75) is 39.7 Å². The van der Waals surface area contributed by atoms with Crippen LogP contribution in [0.1, 0.15) is 48.4 Å². The number of aromatic nitrogens is 2. The number of carbonyl (C=O) groups excluding carboxylic acids is 1. The molecule has 23 heavy (non-hydrogen) atoms. The summed E-state index contributed by atoms with van der Waals surface area (Å²) in [7, 11) is 1.66. The van der Waals surface area contributed by atoms with Crippen molar-refractivity contribution >= 4 is 5.91 Å². The van der Waals surface area contributed by atoms with Crippen molar-refractivity contribution in [3.8, 4) is 5.75 Å². The fraction of sp³-hybridized carbons (Fsp3) is 0.444. The van der Waals surface area contributed by atoms with Gasteiger partial charge in [0.15, 0.2) is 0 Å². The van der Waals surface area contributed by atoms with Crippen molar-refractivity contribution in [3.05, 3.63) is 47.3 Å². The minimum atomic E-state index is -0.0823. The number of nitrogens with zero attached hydrogens (tertiary/aromatic N) is 2. The standard InChI is InChI=1S/C18H25N3O2/c1-5-21-16(12-15(20-21)13(2)3)18(22)19-11-10-14-8-6-7-9-17(14)23-4/h6-9,12-13H,5,10-11H2,1-4H3,(H,19,22). The van der Waals surface area contributed by atoms with E-state index in [1.807, 2.05) is 37.3 Å². The average Bonchev–Trinajstić information content (AvgIpc) is 3.00. The first-order valence-electron chi connectivity index (χ1n) is 8.04. The first kappa shape index (κ1) is 17.1. The molecule has 0 bridgehead atoms. The van der Waals surface area contributed by atoms with Gasteiger partial charge in [-0.1, -0.05) is 32.0 Å². The third-order valence-electron chi connectivity index (χ3n) is 3.79. The van der Waals surface area contributed by atoms with Crippen molar-refractivity contribution in [1.29, 1.82) is 0 Å². The summed E-state index contributed by atoms with van der Waals surface area (Å²) >= 11 is 0. The highest BCUT2D eigenvalue weighted by Gasteiger charge is 2.15. The van der Waals surface area contributed by atoms with Crippen molar-refractivity contribution in [2.24, 2.45) is 0 Å². The number of aryl methyl sites for hydroxylation is 1. The van der Waals surface area contributed by atoms with E-state index in [0.29, 0.717) is 24.7 Å². The number of benzene rings is 1. The summed E-state index contributed by atoms with van der Waals surface area (Å²) in [6.07, 6.45) is 0.729. The fourth-order valence-electron chi connectivity index (χ4n) is 2.45. The number of rotatable bonds is 7. The molecule has 5 nitrogen and oxygen atoms in total. The lowest BCUT2D eigenvalue weighted by molar-refractivity contribution is 0.0943. The monoisotopic (exact) mass is 315 g/mol. The highest BCUT2D eigenvalue weighted by atomic mass is 16.5. The second kappa shape index (κ2) is 7.81. The SMILES string of the molecule is CCn1nc(C(C)C)cc1C(=O)NCCc1ccccc1OC. The summed E-state index contributed by atoms with van der Waals surface area (Å²) in [6.45, 7) is 7.38. The van der Waals surface area contributed by atoms with E-state index in [1.165, 1.54) is 0 Å². The van der Waals surface area contributed by atoms with Crippen LogP contribution >= 0.6 is 0 Å². The van der Waals surface area contributed by atoms with Gasteiger partial charge in [-0.25, -0.2) is 0 Å². The zero-order chi connectivity index (χ0) is 16.8. The van der Waals surface area contributed by atoms with E-state index in [2.05, 4.69) is 24.3 Å². The van der Waals surface area contributed by atoms with Crippen LogP contribution < -0.4 is 10.1 Å². The minimum Gasteiger partial charge on any atom is -0.496 e. The van der Waals surface area contributed by atoms with Gasteiger partial charge in [0.2, 0.25) is 0 Å². The summed E-state index contributed by atoms with van der Waals surface area (Å²) in [5.74, 6) is 1.08. The lowest BCUT2D eigenvalue weighted by atomic mass is 10.1. The van der Waals surface area contributed by atoms with Crippen molar-refractivity contribution < 1.29 is 9.53 Å². The molecule has 0 saturated carbocycles. The highest BCUT2D eigenvalue weighted by Crippen LogP contribution is 2.17. The molecule has 1 aromatic heterocycles. The number of amides is 1. The van der Waals surface area contributed by atoms with Gasteiger partial charge < -0.3 is 10.1 Å². The molecule has 2 aromatic rings. The number of ether oxygens (including phenoxy) is 1. The first-order valence-corrected chi connectivity index (χ1v) is 8.04. The maximum Gasteiger partial charge on any atom is 0.269 e. The van der Waals surface area contributed by atoms with Crippen LogP contribution in [0.2, 0.25) is 0 Å². The van der Waals surface area contributed by atoms with Gasteiger partial charge in [-0.15, -0.1) is 0 Å². The normalized spacial score (nSPS) is 10.8. The second-order valence-corrected chi connectivity index (χ2v) is 5.74. The molecular formula is C18H25N3O2. The van der Waals surface area contributed by atoms with Gasteiger partial charge in [0.1, 0.15) is 11.4 Å². The first-order chi connectivity index (χ1) is 11.1. The van der Waals surface area contributed by atoms with E-state index in [-0.39, 0.29) is 5.91 Å². The lowest BCUT2D eigenvalue weighted by Gasteiger charge is -2.09. The summed E-state index contributed by atoms with van der Waals surface area (Å²) in [5, 5.41) is 7.45. The zero-order valence-electron chi connectivity index (χ0n) is 14.3. The number of methoxy groups -OCH3 is 1. The predicted octanol–water partition coefficient (Wildman–Crippen LogP) is 3.01. The Morgan fingerprint density at radius 3 is 2.74 bits per heavy atom. The molecule has 0 aliphatic heterocycles. The number of nitrogens with one attached hydrogen (secondary N) is 1. The van der Waals surface area contributed by atoms with Gasteiger partial charge >= 0.3 is 0 Å². The van der Waals surface area contributed by atoms with Gasteiger partial charge in [-0.05, 0) is 37.0 Å². The van der Waals surface area contributed by atoms with Crippen LogP contribution in [0.3, 0.4) is 0 Å². The molecule has 1 aromatic carbocycles. The van der Waals surface area contributed by atoms with Gasteiger partial charge in [-0.3, -0.25) is 9.48 Å². The molecule has 124 valence electrons. The van der Waals surface area contributed by atoms with Crippen LogP contribution in [0.5, 0.6) is 5.75 Å². The molecule has 1 N–H and O–H groups in total. The smallest absolute Gasteiger partial charge is 0.269 e. The average molecular weight is 315 g/mol. The highest BCUT2D eigenvalue weighted by molar-refractivity contribution is 5.92. The molecule has 0 saturated heterocycles. The second-order valence-electron chi connectivity index (χ2n) is 5.74. The quantitative estimate of drug-likeness (QED) is 0.854. The Balaban J connectivity index is 2.00. The molecular weight excluding hydrogens is 290 g/mol. The van der Waals surface area contributed by atoms with Crippen LogP contribution in [0.25, 0.3) is 0 Å². The fourth-order valence-corrected chi connectivity index (χ4v) is 2.45. The number of hydrogen-bond acceptors (Lipinski definition) is 3. The van der Waals surface area contributed by atoms with E-state index in [1.54, 1.807) is 11.8 Å². The zero-order valence-corrected chi connectivity index (χ0v) is 14.3. The topological polar surface area (TPSA) is 56.2 Å². The van der Waals surface area contributed by atoms with Crippen LogP contribution in [0.15, 0.2) is 30.3 Å². The molecule has 0 atom stereocenters. The van der Waals surface area contributed by atoms with Crippen molar-refractivity contribution in [2.75, 3.05) is 13.7 Å². The Labute approximate surface area is 137 Å². The van der Waals surface area contributed by atoms with Crippen molar-refractivity contribution in [1.82, 2.24) is 15.1 Å². The summed E-state index contributed by atoms with van der Waals surface area (Å²) < 4.78 is 7.08. The Kier molecular flexibility index (Phi) is 5.79. The molecule has 0 radical (unpaired) electrons. The summed E-state index contributed by atoms with van der Waals surface area (Å²) in [4.78, 5) is 12.4. The Morgan fingerprint density at radius 1 is 1.35 bits per heavy atom. The Morgan fingerprint density at radius 2 is 2.09 bits per heavy atom. The van der Waals surface area contributed by atoms with Crippen LogP contribution in [0, 0.1) is 0 Å². The van der Waals surface area contributed by atoms with Crippen LogP contribution in [-0.4, -0.2) is 29.3 Å². The number of hydrogen-bond donors (Lipinski definition) is 1. The van der Waals surface area contributed by atoms with Gasteiger partial charge in [0, 0.05) is 13.1 Å². The maximum absolute atomic E-state index is 12.4. The molecule has 1 amide bonds. The van der Waals surface area contributed by atoms with E-state index < -0.39 is 0 Å². The maximum atomic E-state index is 12.4. The van der Waals surface area contributed by atoms with Crippen LogP contribution in [0.4, 0.5) is 0 Å². The molecule has 0 aliphatic carbocycles. The minimum absolute atomic E-state index is 0.0823. The molecule has 0 unspecified atom stereocenters. The molecule has 2 rings (SSSR count). The van der Waals surface area contributed by atoms with E-state index >= 15 is 0 Å². The van der Waals surface area contributed by atoms with E-state index in [0.717, 1.165) is 23.4 Å². The number of carbonyl (C=O) groups is 1. The summed E-state index contributed by atoms with van der Waals surface area (Å²) in [6, 6.07) is 9.73. The Bertz CT molecular complexity index is 662. The molecule has 1 heterocycles. The largest absolute Gasteiger partial charge is 0.496 e. The van der Waals surface area contributed by atoms with E-state index in [9.17, 15) is 4.79 Å². The predicted molar refractivity (Wildman–Crippen MR) is 91.0 cm³/mol. The van der Waals surface area contributed by atoms with E-state index in [4.69, 9.17) is 4.74 Å². The summed E-state index contributed by atoms with van der Waals surface area (Å²) in [5.41, 5.74) is 2.65.